The van der Waals surface area contributed by atoms with Crippen molar-refractivity contribution in [1.82, 2.24) is 0 Å². The monoisotopic (exact) mass is 470 g/mol. The van der Waals surface area contributed by atoms with Crippen molar-refractivity contribution in [3.05, 3.63) is 88.9 Å². The first kappa shape index (κ1) is 23.5. The molecule has 1 atom stereocenters. The van der Waals surface area contributed by atoms with E-state index >= 15 is 0 Å². The highest BCUT2D eigenvalue weighted by Gasteiger charge is 2.15. The fourth-order valence-electron chi connectivity index (χ4n) is 3.15. The average molecular weight is 471 g/mol. The molecule has 6 nitrogen and oxygen atoms in total. The van der Waals surface area contributed by atoms with Crippen molar-refractivity contribution in [3.63, 3.8) is 0 Å². The number of hydrogen-bond donors (Lipinski definition) is 2. The van der Waals surface area contributed by atoms with E-state index in [4.69, 9.17) is 11.6 Å². The standard InChI is InChI=1S/C24H23ClN2O4S/c1-16(17-7-4-3-5-8-17)13-23(28)26-19-11-12-22(21(25)15-19)27-24(29)18-9-6-10-20(14-18)32(2,30)31/h3-12,14-16H,13H2,1-2H3,(H,26,28)(H,27,29). The van der Waals surface area contributed by atoms with Crippen LogP contribution in [0.4, 0.5) is 11.4 Å². The summed E-state index contributed by atoms with van der Waals surface area (Å²) in [6, 6.07) is 20.3. The zero-order valence-corrected chi connectivity index (χ0v) is 19.2. The molecule has 2 N–H and O–H groups in total. The van der Waals surface area contributed by atoms with E-state index in [9.17, 15) is 18.0 Å². The topological polar surface area (TPSA) is 92.3 Å². The first-order valence-corrected chi connectivity index (χ1v) is 12.2. The highest BCUT2D eigenvalue weighted by atomic mass is 35.5. The summed E-state index contributed by atoms with van der Waals surface area (Å²) in [5.74, 6) is -0.578. The number of carbonyl (C=O) groups excluding carboxylic acids is 2. The average Bonchev–Trinajstić information content (AvgIpc) is 2.75. The molecule has 3 rings (SSSR count). The molecule has 0 aliphatic carbocycles. The maximum atomic E-state index is 12.5. The Balaban J connectivity index is 1.65. The molecule has 3 aromatic carbocycles. The molecule has 0 saturated carbocycles. The largest absolute Gasteiger partial charge is 0.326 e. The fraction of sp³-hybridized carbons (Fsp3) is 0.167. The molecule has 0 aromatic heterocycles. The predicted molar refractivity (Wildman–Crippen MR) is 127 cm³/mol. The molecule has 166 valence electrons. The molecule has 0 spiro atoms. The van der Waals surface area contributed by atoms with E-state index in [0.717, 1.165) is 11.8 Å². The Morgan fingerprint density at radius 1 is 0.938 bits per heavy atom. The maximum absolute atomic E-state index is 12.5. The van der Waals surface area contributed by atoms with Crippen LogP contribution in [0.15, 0.2) is 77.7 Å². The van der Waals surface area contributed by atoms with E-state index in [1.54, 1.807) is 18.2 Å². The molecule has 0 heterocycles. The predicted octanol–water partition coefficient (Wildman–Crippen LogP) is 5.13. The van der Waals surface area contributed by atoms with Crippen molar-refractivity contribution in [1.29, 1.82) is 0 Å². The minimum Gasteiger partial charge on any atom is -0.326 e. The van der Waals surface area contributed by atoms with Crippen molar-refractivity contribution in [2.75, 3.05) is 16.9 Å². The molecule has 0 bridgehead atoms. The normalized spacial score (nSPS) is 12.1. The van der Waals surface area contributed by atoms with Gasteiger partial charge in [-0.05, 0) is 47.9 Å². The van der Waals surface area contributed by atoms with Crippen LogP contribution < -0.4 is 10.6 Å². The van der Waals surface area contributed by atoms with Crippen LogP contribution in [0.1, 0.15) is 35.2 Å². The summed E-state index contributed by atoms with van der Waals surface area (Å²) < 4.78 is 23.4. The first-order valence-electron chi connectivity index (χ1n) is 9.89. The molecule has 2 amide bonds. The second-order valence-electron chi connectivity index (χ2n) is 7.51. The van der Waals surface area contributed by atoms with Gasteiger partial charge in [-0.1, -0.05) is 54.9 Å². The van der Waals surface area contributed by atoms with Crippen LogP contribution in [0.25, 0.3) is 0 Å². The van der Waals surface area contributed by atoms with E-state index in [0.29, 0.717) is 17.8 Å². The lowest BCUT2D eigenvalue weighted by Gasteiger charge is -2.13. The second-order valence-corrected chi connectivity index (χ2v) is 9.94. The van der Waals surface area contributed by atoms with Crippen LogP contribution in [-0.2, 0) is 14.6 Å². The Bertz CT molecular complexity index is 1240. The zero-order chi connectivity index (χ0) is 23.3. The molecule has 8 heteroatoms. The first-order chi connectivity index (χ1) is 15.1. The van der Waals surface area contributed by atoms with Crippen molar-refractivity contribution in [2.24, 2.45) is 0 Å². The second kappa shape index (κ2) is 9.97. The molecular formula is C24H23ClN2O4S. The number of benzene rings is 3. The van der Waals surface area contributed by atoms with Gasteiger partial charge >= 0.3 is 0 Å². The summed E-state index contributed by atoms with van der Waals surface area (Å²) >= 11 is 6.29. The third-order valence-corrected chi connectivity index (χ3v) is 6.31. The Morgan fingerprint density at radius 2 is 1.66 bits per heavy atom. The Hall–Kier alpha value is -3.16. The molecule has 0 fully saturated rings. The number of nitrogens with one attached hydrogen (secondary N) is 2. The van der Waals surface area contributed by atoms with Gasteiger partial charge in [0.15, 0.2) is 9.84 Å². The molecule has 0 aliphatic rings. The van der Waals surface area contributed by atoms with Gasteiger partial charge in [0.05, 0.1) is 15.6 Å². The third-order valence-electron chi connectivity index (χ3n) is 4.89. The van der Waals surface area contributed by atoms with E-state index in [1.165, 1.54) is 24.3 Å². The lowest BCUT2D eigenvalue weighted by Crippen LogP contribution is -2.15. The van der Waals surface area contributed by atoms with E-state index in [-0.39, 0.29) is 27.3 Å². The molecule has 32 heavy (non-hydrogen) atoms. The van der Waals surface area contributed by atoms with E-state index < -0.39 is 15.7 Å². The van der Waals surface area contributed by atoms with Gasteiger partial charge in [-0.2, -0.15) is 0 Å². The molecule has 1 unspecified atom stereocenters. The van der Waals surface area contributed by atoms with Crippen LogP contribution in [0, 0.1) is 0 Å². The summed E-state index contributed by atoms with van der Waals surface area (Å²) in [4.78, 5) is 25.0. The number of hydrogen-bond acceptors (Lipinski definition) is 4. The van der Waals surface area contributed by atoms with Gasteiger partial charge in [-0.25, -0.2) is 8.42 Å². The third kappa shape index (κ3) is 6.18. The SMILES string of the molecule is CC(CC(=O)Nc1ccc(NC(=O)c2cccc(S(C)(=O)=O)c2)c(Cl)c1)c1ccccc1. The lowest BCUT2D eigenvalue weighted by molar-refractivity contribution is -0.116. The number of halogens is 1. The van der Waals surface area contributed by atoms with Crippen LogP contribution in [-0.4, -0.2) is 26.5 Å². The summed E-state index contributed by atoms with van der Waals surface area (Å²) in [7, 11) is -3.43. The number of amides is 2. The number of anilines is 2. The smallest absolute Gasteiger partial charge is 0.255 e. The van der Waals surface area contributed by atoms with Crippen molar-refractivity contribution in [3.8, 4) is 0 Å². The van der Waals surface area contributed by atoms with Crippen LogP contribution in [0.3, 0.4) is 0 Å². The van der Waals surface area contributed by atoms with Gasteiger partial charge in [0.1, 0.15) is 0 Å². The molecule has 0 radical (unpaired) electrons. The number of rotatable bonds is 7. The van der Waals surface area contributed by atoms with Crippen LogP contribution >= 0.6 is 11.6 Å². The van der Waals surface area contributed by atoms with Crippen LogP contribution in [0.5, 0.6) is 0 Å². The van der Waals surface area contributed by atoms with Gasteiger partial charge < -0.3 is 10.6 Å². The minimum atomic E-state index is -3.43. The van der Waals surface area contributed by atoms with Crippen LogP contribution in [0.2, 0.25) is 5.02 Å². The Labute approximate surface area is 192 Å². The lowest BCUT2D eigenvalue weighted by atomic mass is 9.97. The van der Waals surface area contributed by atoms with E-state index in [2.05, 4.69) is 10.6 Å². The summed E-state index contributed by atoms with van der Waals surface area (Å²) in [6.45, 7) is 1.99. The van der Waals surface area contributed by atoms with Crippen molar-refractivity contribution in [2.45, 2.75) is 24.2 Å². The fourth-order valence-corrected chi connectivity index (χ4v) is 4.04. The summed E-state index contributed by atoms with van der Waals surface area (Å²) in [5.41, 5.74) is 2.13. The van der Waals surface area contributed by atoms with Gasteiger partial charge in [-0.15, -0.1) is 0 Å². The maximum Gasteiger partial charge on any atom is 0.255 e. The van der Waals surface area contributed by atoms with Crippen molar-refractivity contribution >= 4 is 44.6 Å². The van der Waals surface area contributed by atoms with E-state index in [1.807, 2.05) is 37.3 Å². The van der Waals surface area contributed by atoms with Gasteiger partial charge in [0.2, 0.25) is 5.91 Å². The van der Waals surface area contributed by atoms with Crippen molar-refractivity contribution < 1.29 is 18.0 Å². The van der Waals surface area contributed by atoms with Gasteiger partial charge in [-0.3, -0.25) is 9.59 Å². The molecule has 0 aliphatic heterocycles. The van der Waals surface area contributed by atoms with Gasteiger partial charge in [0.25, 0.3) is 5.91 Å². The Morgan fingerprint density at radius 3 is 2.31 bits per heavy atom. The Kier molecular flexibility index (Phi) is 7.33. The minimum absolute atomic E-state index is 0.0547. The highest BCUT2D eigenvalue weighted by molar-refractivity contribution is 7.90. The highest BCUT2D eigenvalue weighted by Crippen LogP contribution is 2.27. The summed E-state index contributed by atoms with van der Waals surface area (Å²) in [5, 5.41) is 5.72. The van der Waals surface area contributed by atoms with Gasteiger partial charge in [0, 0.05) is 23.9 Å². The summed E-state index contributed by atoms with van der Waals surface area (Å²) in [6.07, 6.45) is 1.39. The zero-order valence-electron chi connectivity index (χ0n) is 17.6. The molecule has 3 aromatic rings. The number of sulfone groups is 1. The molecular weight excluding hydrogens is 448 g/mol. The quantitative estimate of drug-likeness (QED) is 0.500. The number of carbonyl (C=O) groups is 2. The molecule has 0 saturated heterocycles.